The van der Waals surface area contributed by atoms with Gasteiger partial charge in [0.1, 0.15) is 17.7 Å². The number of ether oxygens (including phenoxy) is 1. The van der Waals surface area contributed by atoms with Crippen LogP contribution in [0.1, 0.15) is 78.6 Å². The Bertz CT molecular complexity index is 1820. The van der Waals surface area contributed by atoms with E-state index < -0.39 is 59.3 Å². The van der Waals surface area contributed by atoms with Gasteiger partial charge in [-0.2, -0.15) is 13.2 Å². The highest BCUT2D eigenvalue weighted by Gasteiger charge is 2.40. The van der Waals surface area contributed by atoms with Crippen molar-refractivity contribution in [3.8, 4) is 11.1 Å². The van der Waals surface area contributed by atoms with Gasteiger partial charge in [-0.15, -0.1) is 0 Å². The number of amides is 1. The highest BCUT2D eigenvalue weighted by Crippen LogP contribution is 2.36. The minimum atomic E-state index is -4.81. The summed E-state index contributed by atoms with van der Waals surface area (Å²) in [6, 6.07) is 3.50. The molecular formula is C37H42F5N3O5. The number of carboxylic acids is 1. The van der Waals surface area contributed by atoms with Crippen LogP contribution in [-0.4, -0.2) is 58.3 Å². The SMILES string of the molecule is Cc1cc(-c2c(C)cc(F)cc2C)cc([C@@H](CC(=O)O)NC(=O)[C@H](CC(C)C)n2cc(CCN3C[C@H]4C[C@@H]3CO4)c(C(F)(F)F)cc2=O)c1F. The number of likely N-dealkylation sites (tertiary alicyclic amines) is 1. The molecule has 5 rings (SSSR count). The number of benzene rings is 2. The van der Waals surface area contributed by atoms with Gasteiger partial charge in [0.2, 0.25) is 5.91 Å². The molecule has 13 heteroatoms. The molecule has 0 spiro atoms. The standard InChI is InChI=1S/C37H42F5N3O5/c1-19(2)8-31(45-16-23(29(14-32(45)46)37(40,41)42)6-7-44-17-27-13-26(44)18-50-27)36(49)43-30(15-33(47)48)28-12-24(9-22(5)35(28)39)34-20(3)10-25(38)11-21(34)4/h9-12,14,16,19,26-27,30-31H,6-8,13,15,17-18H2,1-5H3,(H,43,49)(H,47,48)/t26-,27-,30-,31+/m1/s1. The number of fused-ring (bicyclic) bond motifs is 2. The number of halogens is 5. The van der Waals surface area contributed by atoms with Crippen molar-refractivity contribution in [2.75, 3.05) is 19.7 Å². The number of aryl methyl sites for hydroxylation is 3. The van der Waals surface area contributed by atoms with Gasteiger partial charge < -0.3 is 19.7 Å². The zero-order valence-electron chi connectivity index (χ0n) is 28.7. The number of pyridine rings is 1. The fourth-order valence-corrected chi connectivity index (χ4v) is 7.35. The van der Waals surface area contributed by atoms with Crippen LogP contribution in [0.25, 0.3) is 11.1 Å². The largest absolute Gasteiger partial charge is 0.481 e. The van der Waals surface area contributed by atoms with Crippen LogP contribution < -0.4 is 10.9 Å². The maximum Gasteiger partial charge on any atom is 0.416 e. The van der Waals surface area contributed by atoms with Crippen molar-refractivity contribution in [1.29, 1.82) is 0 Å². The Morgan fingerprint density at radius 1 is 1.04 bits per heavy atom. The Kier molecular flexibility index (Phi) is 10.9. The van der Waals surface area contributed by atoms with Gasteiger partial charge in [0.15, 0.2) is 0 Å². The zero-order valence-corrected chi connectivity index (χ0v) is 28.7. The van der Waals surface area contributed by atoms with Crippen LogP contribution in [0.15, 0.2) is 41.3 Å². The molecule has 1 amide bonds. The molecule has 0 aliphatic carbocycles. The molecule has 50 heavy (non-hydrogen) atoms. The number of hydrogen-bond acceptors (Lipinski definition) is 5. The Labute approximate surface area is 287 Å². The van der Waals surface area contributed by atoms with E-state index >= 15 is 4.39 Å². The first-order valence-corrected chi connectivity index (χ1v) is 16.7. The average Bonchev–Trinajstić information content (AvgIpc) is 3.63. The Morgan fingerprint density at radius 2 is 1.72 bits per heavy atom. The molecule has 1 aromatic heterocycles. The number of aromatic nitrogens is 1. The topological polar surface area (TPSA) is 101 Å². The molecule has 8 nitrogen and oxygen atoms in total. The van der Waals surface area contributed by atoms with E-state index in [9.17, 15) is 37.1 Å². The zero-order chi connectivity index (χ0) is 36.7. The van der Waals surface area contributed by atoms with Gasteiger partial charge in [0, 0.05) is 37.0 Å². The summed E-state index contributed by atoms with van der Waals surface area (Å²) in [6.45, 7) is 9.83. The third-order valence-corrected chi connectivity index (χ3v) is 9.62. The highest BCUT2D eigenvalue weighted by molar-refractivity contribution is 5.82. The van der Waals surface area contributed by atoms with Gasteiger partial charge in [0.25, 0.3) is 5.56 Å². The molecule has 4 atom stereocenters. The molecule has 2 aliphatic heterocycles. The summed E-state index contributed by atoms with van der Waals surface area (Å²) in [7, 11) is 0. The van der Waals surface area contributed by atoms with Crippen molar-refractivity contribution in [3.05, 3.63) is 91.9 Å². The summed E-state index contributed by atoms with van der Waals surface area (Å²) < 4.78 is 79.0. The van der Waals surface area contributed by atoms with Crippen LogP contribution in [0.4, 0.5) is 22.0 Å². The molecule has 270 valence electrons. The van der Waals surface area contributed by atoms with Crippen molar-refractivity contribution in [2.45, 2.75) is 90.7 Å². The number of hydrogen-bond donors (Lipinski definition) is 2. The first-order valence-electron chi connectivity index (χ1n) is 16.7. The van der Waals surface area contributed by atoms with Gasteiger partial charge in [-0.1, -0.05) is 13.8 Å². The normalized spacial score (nSPS) is 18.9. The smallest absolute Gasteiger partial charge is 0.416 e. The van der Waals surface area contributed by atoms with Crippen molar-refractivity contribution < 1.29 is 41.4 Å². The lowest BCUT2D eigenvalue weighted by atomic mass is 9.90. The number of carboxylic acid groups (broad SMARTS) is 1. The van der Waals surface area contributed by atoms with Gasteiger partial charge in [-0.3, -0.25) is 19.3 Å². The Morgan fingerprint density at radius 3 is 2.28 bits per heavy atom. The van der Waals surface area contributed by atoms with Crippen molar-refractivity contribution >= 4 is 11.9 Å². The fourth-order valence-electron chi connectivity index (χ4n) is 7.35. The van der Waals surface area contributed by atoms with Crippen molar-refractivity contribution in [2.24, 2.45) is 5.92 Å². The van der Waals surface area contributed by atoms with E-state index in [2.05, 4.69) is 10.2 Å². The van der Waals surface area contributed by atoms with E-state index in [-0.39, 0.29) is 47.6 Å². The molecule has 0 unspecified atom stereocenters. The van der Waals surface area contributed by atoms with E-state index in [1.165, 1.54) is 25.1 Å². The second-order valence-electron chi connectivity index (χ2n) is 14.0. The lowest BCUT2D eigenvalue weighted by Crippen LogP contribution is -2.41. The predicted molar refractivity (Wildman–Crippen MR) is 177 cm³/mol. The number of nitrogens with one attached hydrogen (secondary N) is 1. The molecule has 2 fully saturated rings. The number of rotatable bonds is 12. The molecular weight excluding hydrogens is 661 g/mol. The maximum atomic E-state index is 15.8. The molecule has 2 aliphatic rings. The maximum absolute atomic E-state index is 15.8. The van der Waals surface area contributed by atoms with Crippen molar-refractivity contribution in [1.82, 2.24) is 14.8 Å². The molecule has 3 heterocycles. The number of morpholine rings is 1. The molecule has 2 aromatic carbocycles. The van der Waals surface area contributed by atoms with Gasteiger partial charge >= 0.3 is 12.1 Å². The quantitative estimate of drug-likeness (QED) is 0.205. The Balaban J connectivity index is 1.52. The summed E-state index contributed by atoms with van der Waals surface area (Å²) >= 11 is 0. The third-order valence-electron chi connectivity index (χ3n) is 9.62. The third kappa shape index (κ3) is 8.10. The van der Waals surface area contributed by atoms with Crippen LogP contribution >= 0.6 is 0 Å². The molecule has 0 radical (unpaired) electrons. The lowest BCUT2D eigenvalue weighted by molar-refractivity contribution is -0.139. The minimum Gasteiger partial charge on any atom is -0.481 e. The van der Waals surface area contributed by atoms with Crippen LogP contribution in [0.5, 0.6) is 0 Å². The van der Waals surface area contributed by atoms with Crippen molar-refractivity contribution in [3.63, 3.8) is 0 Å². The monoisotopic (exact) mass is 703 g/mol. The molecule has 2 N–H and O–H groups in total. The number of carbonyl (C=O) groups excluding carboxylic acids is 1. The van der Waals surface area contributed by atoms with Crippen LogP contribution in [0.3, 0.4) is 0 Å². The van der Waals surface area contributed by atoms with Crippen LogP contribution in [0.2, 0.25) is 0 Å². The Hall–Kier alpha value is -4.10. The summed E-state index contributed by atoms with van der Waals surface area (Å²) in [5, 5.41) is 12.4. The van der Waals surface area contributed by atoms with Gasteiger partial charge in [-0.05, 0) is 104 Å². The second kappa shape index (κ2) is 14.6. The van der Waals surface area contributed by atoms with E-state index in [0.29, 0.717) is 48.0 Å². The molecule has 0 saturated carbocycles. The van der Waals surface area contributed by atoms with E-state index in [0.717, 1.165) is 17.2 Å². The average molecular weight is 704 g/mol. The van der Waals surface area contributed by atoms with Gasteiger partial charge in [0.05, 0.1) is 30.7 Å². The number of carbonyl (C=O) groups is 2. The van der Waals surface area contributed by atoms with Gasteiger partial charge in [-0.25, -0.2) is 8.78 Å². The van der Waals surface area contributed by atoms with Crippen LogP contribution in [-0.2, 0) is 26.9 Å². The first-order chi connectivity index (χ1) is 23.4. The number of alkyl halides is 3. The number of aliphatic carboxylic acids is 1. The second-order valence-corrected chi connectivity index (χ2v) is 14.0. The van der Waals surface area contributed by atoms with E-state index in [1.54, 1.807) is 33.8 Å². The minimum absolute atomic E-state index is 0.0269. The van der Waals surface area contributed by atoms with E-state index in [1.807, 2.05) is 0 Å². The van der Waals surface area contributed by atoms with E-state index in [4.69, 9.17) is 4.74 Å². The fraction of sp³-hybridized carbons (Fsp3) is 0.486. The molecule has 2 bridgehead atoms. The lowest BCUT2D eigenvalue weighted by Gasteiger charge is -2.28. The molecule has 2 saturated heterocycles. The number of nitrogens with zero attached hydrogens (tertiary/aromatic N) is 2. The van der Waals surface area contributed by atoms with Crippen LogP contribution in [0, 0.1) is 38.3 Å². The predicted octanol–water partition coefficient (Wildman–Crippen LogP) is 6.67. The summed E-state index contributed by atoms with van der Waals surface area (Å²) in [6.07, 6.45) is -3.60. The molecule has 3 aromatic rings. The summed E-state index contributed by atoms with van der Waals surface area (Å²) in [5.41, 5.74) is -0.00728. The first kappa shape index (κ1) is 37.2. The summed E-state index contributed by atoms with van der Waals surface area (Å²) in [4.78, 5) is 41.5. The highest BCUT2D eigenvalue weighted by atomic mass is 19.4. The summed E-state index contributed by atoms with van der Waals surface area (Å²) in [5.74, 6) is -3.61.